The summed E-state index contributed by atoms with van der Waals surface area (Å²) >= 11 is 6.03. The van der Waals surface area contributed by atoms with Crippen LogP contribution in [0.25, 0.3) is 0 Å². The molecule has 1 aromatic rings. The Morgan fingerprint density at radius 3 is 2.68 bits per heavy atom. The molecule has 4 nitrogen and oxygen atoms in total. The summed E-state index contributed by atoms with van der Waals surface area (Å²) in [5.74, 6) is 0.689. The standard InChI is InChI=1S/C17H25ClN2O2/c1-10(2)20-9-13(7-16(20)21)8-19-12(4)14-5-11(3)6-15(18)17(14)22/h5-6,10,12-13,19,22H,7-9H2,1-4H3. The molecule has 22 heavy (non-hydrogen) atoms. The van der Waals surface area contributed by atoms with E-state index in [-0.39, 0.29) is 23.7 Å². The highest BCUT2D eigenvalue weighted by Crippen LogP contribution is 2.33. The van der Waals surface area contributed by atoms with Crippen molar-refractivity contribution in [3.8, 4) is 5.75 Å². The van der Waals surface area contributed by atoms with Crippen LogP contribution < -0.4 is 5.32 Å². The molecule has 1 aromatic carbocycles. The predicted octanol–water partition coefficient (Wildman–Crippen LogP) is 3.26. The van der Waals surface area contributed by atoms with Crippen LogP contribution in [0.4, 0.5) is 0 Å². The number of phenols is 1. The van der Waals surface area contributed by atoms with Gasteiger partial charge in [0.1, 0.15) is 5.75 Å². The van der Waals surface area contributed by atoms with Gasteiger partial charge in [0.05, 0.1) is 5.02 Å². The van der Waals surface area contributed by atoms with Crippen molar-refractivity contribution in [3.63, 3.8) is 0 Å². The molecule has 1 saturated heterocycles. The summed E-state index contributed by atoms with van der Waals surface area (Å²) in [6.45, 7) is 9.60. The Morgan fingerprint density at radius 2 is 2.09 bits per heavy atom. The zero-order valence-electron chi connectivity index (χ0n) is 13.7. The molecule has 2 atom stereocenters. The number of halogens is 1. The fourth-order valence-electron chi connectivity index (χ4n) is 2.99. The average Bonchev–Trinajstić information content (AvgIpc) is 2.81. The molecule has 2 rings (SSSR count). The Bertz CT molecular complexity index is 560. The Kier molecular flexibility index (Phi) is 5.35. The molecule has 1 aliphatic rings. The number of phenolic OH excluding ortho intramolecular Hbond substituents is 1. The molecular formula is C17H25ClN2O2. The van der Waals surface area contributed by atoms with E-state index in [0.29, 0.717) is 17.4 Å². The maximum absolute atomic E-state index is 11.9. The first kappa shape index (κ1) is 17.1. The first-order valence-corrected chi connectivity index (χ1v) is 8.19. The molecule has 2 unspecified atom stereocenters. The van der Waals surface area contributed by atoms with Gasteiger partial charge in [0.25, 0.3) is 0 Å². The van der Waals surface area contributed by atoms with Crippen LogP contribution in [0, 0.1) is 12.8 Å². The van der Waals surface area contributed by atoms with Crippen molar-refractivity contribution < 1.29 is 9.90 Å². The maximum Gasteiger partial charge on any atom is 0.223 e. The molecule has 5 heteroatoms. The molecule has 122 valence electrons. The van der Waals surface area contributed by atoms with Crippen LogP contribution >= 0.6 is 11.6 Å². The normalized spacial score (nSPS) is 20.0. The van der Waals surface area contributed by atoms with Gasteiger partial charge >= 0.3 is 0 Å². The first-order valence-electron chi connectivity index (χ1n) is 7.81. The average molecular weight is 325 g/mol. The number of hydrogen-bond acceptors (Lipinski definition) is 3. The van der Waals surface area contributed by atoms with Crippen LogP contribution in [0.15, 0.2) is 12.1 Å². The second-order valence-electron chi connectivity index (χ2n) is 6.52. The number of aryl methyl sites for hydroxylation is 1. The minimum Gasteiger partial charge on any atom is -0.506 e. The van der Waals surface area contributed by atoms with Crippen molar-refractivity contribution in [2.75, 3.05) is 13.1 Å². The predicted molar refractivity (Wildman–Crippen MR) is 89.2 cm³/mol. The van der Waals surface area contributed by atoms with E-state index in [9.17, 15) is 9.90 Å². The smallest absolute Gasteiger partial charge is 0.223 e. The molecule has 1 heterocycles. The van der Waals surface area contributed by atoms with Gasteiger partial charge in [-0.05, 0) is 45.2 Å². The fourth-order valence-corrected chi connectivity index (χ4v) is 3.27. The van der Waals surface area contributed by atoms with Gasteiger partial charge in [-0.25, -0.2) is 0 Å². The number of aromatic hydroxyl groups is 1. The van der Waals surface area contributed by atoms with Gasteiger partial charge < -0.3 is 15.3 Å². The van der Waals surface area contributed by atoms with Crippen molar-refractivity contribution in [1.82, 2.24) is 10.2 Å². The topological polar surface area (TPSA) is 52.6 Å². The third kappa shape index (κ3) is 3.73. The third-order valence-corrected chi connectivity index (χ3v) is 4.57. The Morgan fingerprint density at radius 1 is 1.41 bits per heavy atom. The van der Waals surface area contributed by atoms with E-state index < -0.39 is 0 Å². The van der Waals surface area contributed by atoms with Crippen molar-refractivity contribution >= 4 is 17.5 Å². The third-order valence-electron chi connectivity index (χ3n) is 4.28. The lowest BCUT2D eigenvalue weighted by Gasteiger charge is -2.22. The maximum atomic E-state index is 11.9. The molecule has 0 aliphatic carbocycles. The van der Waals surface area contributed by atoms with Crippen molar-refractivity contribution in [2.24, 2.45) is 5.92 Å². The quantitative estimate of drug-likeness (QED) is 0.874. The zero-order chi connectivity index (χ0) is 16.4. The molecular weight excluding hydrogens is 300 g/mol. The SMILES string of the molecule is Cc1cc(Cl)c(O)c(C(C)NCC2CC(=O)N(C(C)C)C2)c1. The number of amides is 1. The number of carbonyl (C=O) groups excluding carboxylic acids is 1. The van der Waals surface area contributed by atoms with Gasteiger partial charge in [0.15, 0.2) is 0 Å². The number of carbonyl (C=O) groups is 1. The van der Waals surface area contributed by atoms with Gasteiger partial charge in [-0.1, -0.05) is 17.7 Å². The lowest BCUT2D eigenvalue weighted by Crippen LogP contribution is -2.33. The van der Waals surface area contributed by atoms with E-state index in [1.165, 1.54) is 0 Å². The lowest BCUT2D eigenvalue weighted by molar-refractivity contribution is -0.129. The summed E-state index contributed by atoms with van der Waals surface area (Å²) < 4.78 is 0. The molecule has 0 aromatic heterocycles. The molecule has 1 aliphatic heterocycles. The van der Waals surface area contributed by atoms with Crippen molar-refractivity contribution in [1.29, 1.82) is 0 Å². The van der Waals surface area contributed by atoms with E-state index in [1.54, 1.807) is 6.07 Å². The number of rotatable bonds is 5. The van der Waals surface area contributed by atoms with E-state index in [4.69, 9.17) is 11.6 Å². The fraction of sp³-hybridized carbons (Fsp3) is 0.588. The van der Waals surface area contributed by atoms with E-state index in [0.717, 1.165) is 24.2 Å². The number of likely N-dealkylation sites (tertiary alicyclic amines) is 1. The highest BCUT2D eigenvalue weighted by Gasteiger charge is 2.31. The minimum absolute atomic E-state index is 0.0133. The number of hydrogen-bond donors (Lipinski definition) is 2. The summed E-state index contributed by atoms with van der Waals surface area (Å²) in [6.07, 6.45) is 0.596. The Balaban J connectivity index is 1.97. The van der Waals surface area contributed by atoms with Crippen molar-refractivity contribution in [2.45, 2.75) is 46.2 Å². The second kappa shape index (κ2) is 6.88. The minimum atomic E-state index is -0.0133. The number of nitrogens with one attached hydrogen (secondary N) is 1. The van der Waals surface area contributed by atoms with E-state index in [2.05, 4.69) is 5.32 Å². The Labute approximate surface area is 137 Å². The van der Waals surface area contributed by atoms with Crippen LogP contribution in [0.5, 0.6) is 5.75 Å². The van der Waals surface area contributed by atoms with Gasteiger partial charge in [-0.3, -0.25) is 4.79 Å². The van der Waals surface area contributed by atoms with E-state index >= 15 is 0 Å². The molecule has 0 bridgehead atoms. The summed E-state index contributed by atoms with van der Waals surface area (Å²) in [5, 5.41) is 13.9. The molecule has 0 radical (unpaired) electrons. The van der Waals surface area contributed by atoms with Crippen LogP contribution in [-0.2, 0) is 4.79 Å². The zero-order valence-corrected chi connectivity index (χ0v) is 14.4. The lowest BCUT2D eigenvalue weighted by atomic mass is 10.0. The summed E-state index contributed by atoms with van der Waals surface area (Å²) in [5.41, 5.74) is 1.82. The summed E-state index contributed by atoms with van der Waals surface area (Å²) in [7, 11) is 0. The molecule has 0 saturated carbocycles. The molecule has 0 spiro atoms. The second-order valence-corrected chi connectivity index (χ2v) is 6.93. The van der Waals surface area contributed by atoms with Crippen molar-refractivity contribution in [3.05, 3.63) is 28.3 Å². The van der Waals surface area contributed by atoms with E-state index in [1.807, 2.05) is 38.7 Å². The van der Waals surface area contributed by atoms with Crippen LogP contribution in [-0.4, -0.2) is 35.0 Å². The number of nitrogens with zero attached hydrogens (tertiary/aromatic N) is 1. The monoisotopic (exact) mass is 324 g/mol. The molecule has 1 amide bonds. The highest BCUT2D eigenvalue weighted by atomic mass is 35.5. The van der Waals surface area contributed by atoms with Gasteiger partial charge in [0, 0.05) is 37.2 Å². The largest absolute Gasteiger partial charge is 0.506 e. The van der Waals surface area contributed by atoms with Gasteiger partial charge in [-0.2, -0.15) is 0 Å². The molecule has 2 N–H and O–H groups in total. The highest BCUT2D eigenvalue weighted by molar-refractivity contribution is 6.32. The first-order chi connectivity index (χ1) is 10.3. The summed E-state index contributed by atoms with van der Waals surface area (Å²) in [6, 6.07) is 3.94. The number of benzene rings is 1. The van der Waals surface area contributed by atoms with Crippen LogP contribution in [0.3, 0.4) is 0 Å². The van der Waals surface area contributed by atoms with Gasteiger partial charge in [0.2, 0.25) is 5.91 Å². The summed E-state index contributed by atoms with van der Waals surface area (Å²) in [4.78, 5) is 13.9. The van der Waals surface area contributed by atoms with Crippen LogP contribution in [0.1, 0.15) is 44.4 Å². The molecule has 1 fully saturated rings. The van der Waals surface area contributed by atoms with Gasteiger partial charge in [-0.15, -0.1) is 0 Å². The van der Waals surface area contributed by atoms with Crippen LogP contribution in [0.2, 0.25) is 5.02 Å². The Hall–Kier alpha value is -1.26.